The van der Waals surface area contributed by atoms with Gasteiger partial charge in [0.25, 0.3) is 5.91 Å². The Hall–Kier alpha value is -2.16. The van der Waals surface area contributed by atoms with Gasteiger partial charge in [-0.1, -0.05) is 0 Å². The molecule has 3 aliphatic rings. The number of hydrogen-bond acceptors (Lipinski definition) is 6. The van der Waals surface area contributed by atoms with Crippen LogP contribution in [0.1, 0.15) is 37.6 Å². The van der Waals surface area contributed by atoms with Crippen LogP contribution in [-0.2, 0) is 19.0 Å². The highest BCUT2D eigenvalue weighted by atomic mass is 16.7. The summed E-state index contributed by atoms with van der Waals surface area (Å²) in [6.45, 7) is 7.61. The van der Waals surface area contributed by atoms with E-state index in [0.717, 1.165) is 5.69 Å². The Morgan fingerprint density at radius 2 is 2.07 bits per heavy atom. The van der Waals surface area contributed by atoms with Crippen LogP contribution >= 0.6 is 0 Å². The third-order valence-corrected chi connectivity index (χ3v) is 5.26. The lowest BCUT2D eigenvalue weighted by molar-refractivity contribution is -0.163. The molecule has 0 saturated carbocycles. The summed E-state index contributed by atoms with van der Waals surface area (Å²) >= 11 is 0. The smallest absolute Gasteiger partial charge is 0.254 e. The predicted octanol–water partition coefficient (Wildman–Crippen LogP) is 1.82. The number of hydrogen-bond donors (Lipinski definition) is 2. The lowest BCUT2D eigenvalue weighted by Crippen LogP contribution is -2.50. The van der Waals surface area contributed by atoms with Gasteiger partial charge in [-0.15, -0.1) is 0 Å². The van der Waals surface area contributed by atoms with Crippen LogP contribution in [0, 0.1) is 0 Å². The van der Waals surface area contributed by atoms with Crippen molar-refractivity contribution in [1.29, 1.82) is 0 Å². The van der Waals surface area contributed by atoms with E-state index >= 15 is 0 Å². The van der Waals surface area contributed by atoms with Crippen molar-refractivity contribution >= 4 is 23.2 Å². The quantitative estimate of drug-likeness (QED) is 0.802. The lowest BCUT2D eigenvalue weighted by atomic mass is 10.1. The Morgan fingerprint density at radius 1 is 1.25 bits per heavy atom. The van der Waals surface area contributed by atoms with Gasteiger partial charge in [-0.2, -0.15) is 0 Å². The number of morpholine rings is 1. The number of carbonyl (C=O) groups is 2. The van der Waals surface area contributed by atoms with Crippen LogP contribution in [0.15, 0.2) is 18.2 Å². The summed E-state index contributed by atoms with van der Waals surface area (Å²) in [5.41, 5.74) is 2.05. The van der Waals surface area contributed by atoms with E-state index in [2.05, 4.69) is 10.6 Å². The highest BCUT2D eigenvalue weighted by Gasteiger charge is 2.40. The minimum atomic E-state index is -0.621. The summed E-state index contributed by atoms with van der Waals surface area (Å²) in [5.74, 6) is -0.709. The van der Waals surface area contributed by atoms with Gasteiger partial charge in [0.2, 0.25) is 5.91 Å². The highest BCUT2D eigenvalue weighted by Crippen LogP contribution is 2.29. The van der Waals surface area contributed by atoms with Crippen LogP contribution in [-0.4, -0.2) is 67.1 Å². The molecule has 2 fully saturated rings. The zero-order valence-corrected chi connectivity index (χ0v) is 16.5. The molecule has 0 aliphatic carbocycles. The molecule has 0 bridgehead atoms. The fourth-order valence-corrected chi connectivity index (χ4v) is 3.87. The summed E-state index contributed by atoms with van der Waals surface area (Å²) in [5, 5.41) is 6.17. The molecule has 1 aromatic carbocycles. The summed E-state index contributed by atoms with van der Waals surface area (Å²) < 4.78 is 17.4. The van der Waals surface area contributed by atoms with Crippen molar-refractivity contribution in [2.75, 3.05) is 36.9 Å². The van der Waals surface area contributed by atoms with Gasteiger partial charge in [-0.25, -0.2) is 0 Å². The maximum absolute atomic E-state index is 13.1. The SMILES string of the molecule is CC1CC(=O)Nc2ccc(C(=O)N3CCO[C@H]([C@@H]4COC(C)(C)O4)C3)cc2N1. The number of carbonyl (C=O) groups excluding carboxylic acids is 2. The van der Waals surface area contributed by atoms with Crippen molar-refractivity contribution in [1.82, 2.24) is 4.90 Å². The molecule has 152 valence electrons. The van der Waals surface area contributed by atoms with Crippen molar-refractivity contribution in [3.8, 4) is 0 Å². The van der Waals surface area contributed by atoms with E-state index in [1.807, 2.05) is 26.8 Å². The zero-order valence-electron chi connectivity index (χ0n) is 16.5. The lowest BCUT2D eigenvalue weighted by Gasteiger charge is -2.35. The minimum Gasteiger partial charge on any atom is -0.380 e. The second-order valence-electron chi connectivity index (χ2n) is 8.09. The number of amides is 2. The highest BCUT2D eigenvalue weighted by molar-refractivity contribution is 6.00. The van der Waals surface area contributed by atoms with Crippen LogP contribution < -0.4 is 10.6 Å². The molecule has 8 heteroatoms. The normalized spacial score (nSPS) is 29.5. The van der Waals surface area contributed by atoms with Crippen LogP contribution in [0.3, 0.4) is 0 Å². The van der Waals surface area contributed by atoms with Gasteiger partial charge in [0.05, 0.1) is 24.6 Å². The van der Waals surface area contributed by atoms with Crippen LogP contribution in [0.25, 0.3) is 0 Å². The molecule has 1 aromatic rings. The molecule has 0 aromatic heterocycles. The standard InChI is InChI=1S/C20H27N3O5/c1-12-8-18(24)22-14-5-4-13(9-15(14)21-12)19(25)23-6-7-26-16(10-23)17-11-27-20(2,3)28-17/h4-5,9,12,16-17,21H,6-8,10-11H2,1-3H3,(H,22,24)/t12?,16-,17-/m0/s1. The number of nitrogens with one attached hydrogen (secondary N) is 2. The number of ether oxygens (including phenoxy) is 3. The van der Waals surface area contributed by atoms with E-state index in [-0.39, 0.29) is 30.1 Å². The fraction of sp³-hybridized carbons (Fsp3) is 0.600. The molecule has 2 saturated heterocycles. The minimum absolute atomic E-state index is 0.00207. The van der Waals surface area contributed by atoms with E-state index in [1.165, 1.54) is 0 Å². The Morgan fingerprint density at radius 3 is 2.82 bits per heavy atom. The van der Waals surface area contributed by atoms with Crippen molar-refractivity contribution in [3.05, 3.63) is 23.8 Å². The average Bonchev–Trinajstić information content (AvgIpc) is 2.94. The zero-order chi connectivity index (χ0) is 19.9. The topological polar surface area (TPSA) is 89.1 Å². The number of nitrogens with zero attached hydrogens (tertiary/aromatic N) is 1. The molecular weight excluding hydrogens is 362 g/mol. The van der Waals surface area contributed by atoms with E-state index in [1.54, 1.807) is 17.0 Å². The predicted molar refractivity (Wildman–Crippen MR) is 103 cm³/mol. The van der Waals surface area contributed by atoms with E-state index < -0.39 is 5.79 Å². The largest absolute Gasteiger partial charge is 0.380 e. The van der Waals surface area contributed by atoms with Gasteiger partial charge in [0.15, 0.2) is 5.79 Å². The fourth-order valence-electron chi connectivity index (χ4n) is 3.87. The van der Waals surface area contributed by atoms with Gasteiger partial charge in [0, 0.05) is 31.1 Å². The van der Waals surface area contributed by atoms with E-state index in [4.69, 9.17) is 14.2 Å². The first-order valence-electron chi connectivity index (χ1n) is 9.74. The Bertz CT molecular complexity index is 781. The first-order valence-corrected chi connectivity index (χ1v) is 9.74. The number of fused-ring (bicyclic) bond motifs is 1. The van der Waals surface area contributed by atoms with Gasteiger partial charge in [-0.3, -0.25) is 9.59 Å². The Kier molecular flexibility index (Phi) is 5.03. The molecule has 8 nitrogen and oxygen atoms in total. The summed E-state index contributed by atoms with van der Waals surface area (Å²) in [4.78, 5) is 26.8. The van der Waals surface area contributed by atoms with E-state index in [9.17, 15) is 9.59 Å². The molecule has 0 radical (unpaired) electrons. The molecule has 28 heavy (non-hydrogen) atoms. The molecule has 0 spiro atoms. The van der Waals surface area contributed by atoms with Crippen LogP contribution in [0.4, 0.5) is 11.4 Å². The number of rotatable bonds is 2. The number of anilines is 2. The molecule has 3 aliphatic heterocycles. The molecule has 1 unspecified atom stereocenters. The van der Waals surface area contributed by atoms with Gasteiger partial charge >= 0.3 is 0 Å². The Balaban J connectivity index is 1.48. The van der Waals surface area contributed by atoms with Crippen molar-refractivity contribution in [2.45, 2.75) is 51.2 Å². The summed E-state index contributed by atoms with van der Waals surface area (Å²) in [7, 11) is 0. The van der Waals surface area contributed by atoms with Crippen LogP contribution in [0.2, 0.25) is 0 Å². The Labute approximate surface area is 164 Å². The monoisotopic (exact) mass is 389 g/mol. The maximum atomic E-state index is 13.1. The second kappa shape index (κ2) is 7.35. The molecule has 2 N–H and O–H groups in total. The molecule has 2 amide bonds. The third kappa shape index (κ3) is 3.99. The molecule has 3 heterocycles. The number of benzene rings is 1. The second-order valence-corrected chi connectivity index (χ2v) is 8.09. The third-order valence-electron chi connectivity index (χ3n) is 5.26. The summed E-state index contributed by atoms with van der Waals surface area (Å²) in [6, 6.07) is 5.34. The van der Waals surface area contributed by atoms with Gasteiger partial charge in [0.1, 0.15) is 12.2 Å². The molecular formula is C20H27N3O5. The molecule has 4 rings (SSSR count). The van der Waals surface area contributed by atoms with Gasteiger partial charge < -0.3 is 29.7 Å². The van der Waals surface area contributed by atoms with Crippen molar-refractivity contribution < 1.29 is 23.8 Å². The molecule has 3 atom stereocenters. The van der Waals surface area contributed by atoms with Gasteiger partial charge in [-0.05, 0) is 39.0 Å². The van der Waals surface area contributed by atoms with Crippen LogP contribution in [0.5, 0.6) is 0 Å². The first kappa shape index (κ1) is 19.2. The first-order chi connectivity index (χ1) is 13.3. The van der Waals surface area contributed by atoms with Crippen molar-refractivity contribution in [3.63, 3.8) is 0 Å². The van der Waals surface area contributed by atoms with Crippen molar-refractivity contribution in [2.24, 2.45) is 0 Å². The van der Waals surface area contributed by atoms with E-state index in [0.29, 0.717) is 44.0 Å². The average molecular weight is 389 g/mol. The maximum Gasteiger partial charge on any atom is 0.254 e. The summed E-state index contributed by atoms with van der Waals surface area (Å²) in [6.07, 6.45) is -0.00349.